The van der Waals surface area contributed by atoms with Crippen LogP contribution in [0.3, 0.4) is 0 Å². The van der Waals surface area contributed by atoms with E-state index in [9.17, 15) is 14.7 Å². The van der Waals surface area contributed by atoms with Crippen molar-refractivity contribution in [3.05, 3.63) is 29.8 Å². The van der Waals surface area contributed by atoms with Crippen molar-refractivity contribution in [2.45, 2.75) is 12.8 Å². The number of hydrogen-bond donors (Lipinski definition) is 2. The second-order valence-electron chi connectivity index (χ2n) is 5.45. The average Bonchev–Trinajstić information content (AvgIpc) is 2.59. The fourth-order valence-corrected chi connectivity index (χ4v) is 2.59. The number of piperidine rings is 1. The molecule has 1 amide bonds. The van der Waals surface area contributed by atoms with Crippen molar-refractivity contribution in [1.29, 1.82) is 0 Å². The van der Waals surface area contributed by atoms with E-state index in [1.165, 1.54) is 7.11 Å². The summed E-state index contributed by atoms with van der Waals surface area (Å²) < 4.78 is 4.57. The smallest absolute Gasteiger partial charge is 0.325 e. The van der Waals surface area contributed by atoms with Gasteiger partial charge in [-0.3, -0.25) is 9.59 Å². The van der Waals surface area contributed by atoms with Crippen molar-refractivity contribution in [3.63, 3.8) is 0 Å². The summed E-state index contributed by atoms with van der Waals surface area (Å²) >= 11 is 0. The topological polar surface area (TPSA) is 78.9 Å². The Hall–Kier alpha value is -2.08. The van der Waals surface area contributed by atoms with E-state index < -0.39 is 0 Å². The van der Waals surface area contributed by atoms with Crippen LogP contribution in [0.15, 0.2) is 24.3 Å². The number of rotatable bonds is 5. The molecule has 1 saturated heterocycles. The zero-order chi connectivity index (χ0) is 15.9. The molecule has 0 aliphatic carbocycles. The molecule has 2 rings (SSSR count). The van der Waals surface area contributed by atoms with Crippen molar-refractivity contribution in [2.24, 2.45) is 5.92 Å². The Kier molecular flexibility index (Phi) is 5.77. The van der Waals surface area contributed by atoms with Gasteiger partial charge in [0.05, 0.1) is 7.11 Å². The highest BCUT2D eigenvalue weighted by Crippen LogP contribution is 2.19. The molecule has 0 radical (unpaired) electrons. The van der Waals surface area contributed by atoms with E-state index in [0.717, 1.165) is 19.4 Å². The van der Waals surface area contributed by atoms with Gasteiger partial charge in [-0.05, 0) is 37.0 Å². The summed E-state index contributed by atoms with van der Waals surface area (Å²) in [5.41, 5.74) is 1.28. The molecule has 2 N–H and O–H groups in total. The predicted molar refractivity (Wildman–Crippen MR) is 82.7 cm³/mol. The second-order valence-corrected chi connectivity index (χ2v) is 5.45. The minimum absolute atomic E-state index is 0.0418. The van der Waals surface area contributed by atoms with E-state index >= 15 is 0 Å². The molecule has 6 heteroatoms. The van der Waals surface area contributed by atoms with Gasteiger partial charge in [-0.2, -0.15) is 0 Å². The van der Waals surface area contributed by atoms with Gasteiger partial charge >= 0.3 is 5.97 Å². The van der Waals surface area contributed by atoms with E-state index in [2.05, 4.69) is 10.1 Å². The maximum absolute atomic E-state index is 12.5. The van der Waals surface area contributed by atoms with E-state index in [1.807, 2.05) is 0 Å². The van der Waals surface area contributed by atoms with Gasteiger partial charge in [-0.15, -0.1) is 0 Å². The van der Waals surface area contributed by atoms with Gasteiger partial charge < -0.3 is 20.1 Å². The second kappa shape index (κ2) is 7.79. The molecule has 6 nitrogen and oxygen atoms in total. The number of ether oxygens (including phenoxy) is 1. The van der Waals surface area contributed by atoms with Crippen LogP contribution in [0.1, 0.15) is 23.2 Å². The molecule has 1 heterocycles. The summed E-state index contributed by atoms with van der Waals surface area (Å²) in [4.78, 5) is 25.5. The van der Waals surface area contributed by atoms with Crippen molar-refractivity contribution >= 4 is 17.6 Å². The minimum Gasteiger partial charge on any atom is -0.468 e. The van der Waals surface area contributed by atoms with Crippen LogP contribution >= 0.6 is 0 Å². The molecule has 22 heavy (non-hydrogen) atoms. The van der Waals surface area contributed by atoms with Crippen LogP contribution in [0.2, 0.25) is 0 Å². The summed E-state index contributed by atoms with van der Waals surface area (Å²) in [5.74, 6) is -0.239. The van der Waals surface area contributed by atoms with Gasteiger partial charge in [0, 0.05) is 30.9 Å². The minimum atomic E-state index is -0.362. The first-order valence-electron chi connectivity index (χ1n) is 7.45. The first kappa shape index (κ1) is 16.3. The summed E-state index contributed by atoms with van der Waals surface area (Å²) in [5, 5.41) is 12.2. The van der Waals surface area contributed by atoms with E-state index in [-0.39, 0.29) is 30.9 Å². The largest absolute Gasteiger partial charge is 0.468 e. The molecule has 1 aromatic rings. The molecule has 1 aliphatic heterocycles. The Labute approximate surface area is 130 Å². The summed E-state index contributed by atoms with van der Waals surface area (Å²) in [6, 6.07) is 7.06. The number of amides is 1. The van der Waals surface area contributed by atoms with Crippen molar-refractivity contribution < 1.29 is 19.4 Å². The van der Waals surface area contributed by atoms with Crippen LogP contribution in [0.5, 0.6) is 0 Å². The normalized spacial score (nSPS) is 17.9. The first-order chi connectivity index (χ1) is 10.6. The Morgan fingerprint density at radius 3 is 3.00 bits per heavy atom. The maximum Gasteiger partial charge on any atom is 0.325 e. The van der Waals surface area contributed by atoms with Crippen LogP contribution < -0.4 is 5.32 Å². The highest BCUT2D eigenvalue weighted by molar-refractivity contribution is 5.95. The number of likely N-dealkylation sites (tertiary alicyclic amines) is 1. The molecule has 1 aromatic carbocycles. The van der Waals surface area contributed by atoms with E-state index in [4.69, 9.17) is 0 Å². The molecule has 1 aliphatic rings. The summed E-state index contributed by atoms with van der Waals surface area (Å²) in [7, 11) is 1.33. The fraction of sp³-hybridized carbons (Fsp3) is 0.500. The first-order valence-corrected chi connectivity index (χ1v) is 7.45. The quantitative estimate of drug-likeness (QED) is 0.797. The van der Waals surface area contributed by atoms with Crippen molar-refractivity contribution in [1.82, 2.24) is 4.90 Å². The SMILES string of the molecule is COC(=O)CNc1cccc(C(=O)N2CCCC(CO)C2)c1. The van der Waals surface area contributed by atoms with Gasteiger partial charge in [0.15, 0.2) is 0 Å². The summed E-state index contributed by atoms with van der Waals surface area (Å²) in [6.45, 7) is 1.49. The number of aliphatic hydroxyl groups excluding tert-OH is 1. The Balaban J connectivity index is 2.01. The lowest BCUT2D eigenvalue weighted by atomic mass is 9.98. The van der Waals surface area contributed by atoms with Gasteiger partial charge in [0.1, 0.15) is 6.54 Å². The van der Waals surface area contributed by atoms with Crippen LogP contribution in [0.4, 0.5) is 5.69 Å². The average molecular weight is 306 g/mol. The number of methoxy groups -OCH3 is 1. The third-order valence-corrected chi connectivity index (χ3v) is 3.84. The van der Waals surface area contributed by atoms with E-state index in [0.29, 0.717) is 17.8 Å². The molecular formula is C16H22N2O4. The van der Waals surface area contributed by atoms with Gasteiger partial charge in [0.2, 0.25) is 0 Å². The molecule has 0 bridgehead atoms. The standard InChI is InChI=1S/C16H22N2O4/c1-22-15(20)9-17-14-6-2-5-13(8-14)16(21)18-7-3-4-12(10-18)11-19/h2,5-6,8,12,17,19H,3-4,7,9-11H2,1H3. The molecular weight excluding hydrogens is 284 g/mol. The number of benzene rings is 1. The third-order valence-electron chi connectivity index (χ3n) is 3.84. The number of carbonyl (C=O) groups excluding carboxylic acids is 2. The number of nitrogens with one attached hydrogen (secondary N) is 1. The van der Waals surface area contributed by atoms with E-state index in [1.54, 1.807) is 29.2 Å². The Morgan fingerprint density at radius 1 is 1.45 bits per heavy atom. The number of nitrogens with zero attached hydrogens (tertiary/aromatic N) is 1. The molecule has 1 atom stereocenters. The summed E-state index contributed by atoms with van der Waals surface area (Å²) in [6.07, 6.45) is 1.87. The molecule has 0 spiro atoms. The third kappa shape index (κ3) is 4.21. The zero-order valence-corrected chi connectivity index (χ0v) is 12.7. The monoisotopic (exact) mass is 306 g/mol. The van der Waals surface area contributed by atoms with Gasteiger partial charge in [-0.25, -0.2) is 0 Å². The number of hydrogen-bond acceptors (Lipinski definition) is 5. The lowest BCUT2D eigenvalue weighted by Crippen LogP contribution is -2.40. The van der Waals surface area contributed by atoms with Crippen LogP contribution in [-0.4, -0.2) is 55.2 Å². The number of carbonyl (C=O) groups is 2. The Bertz CT molecular complexity index is 533. The molecule has 120 valence electrons. The van der Waals surface area contributed by atoms with Crippen molar-refractivity contribution in [2.75, 3.05) is 38.7 Å². The Morgan fingerprint density at radius 2 is 2.27 bits per heavy atom. The number of aliphatic hydroxyl groups is 1. The molecule has 0 saturated carbocycles. The van der Waals surface area contributed by atoms with Crippen LogP contribution in [0.25, 0.3) is 0 Å². The fourth-order valence-electron chi connectivity index (χ4n) is 2.59. The maximum atomic E-state index is 12.5. The number of anilines is 1. The highest BCUT2D eigenvalue weighted by Gasteiger charge is 2.24. The van der Waals surface area contributed by atoms with Gasteiger partial charge in [0.25, 0.3) is 5.91 Å². The highest BCUT2D eigenvalue weighted by atomic mass is 16.5. The van der Waals surface area contributed by atoms with Crippen LogP contribution in [-0.2, 0) is 9.53 Å². The lowest BCUT2D eigenvalue weighted by molar-refractivity contribution is -0.138. The van der Waals surface area contributed by atoms with Crippen LogP contribution in [0, 0.1) is 5.92 Å². The predicted octanol–water partition coefficient (Wildman–Crippen LogP) is 1.12. The number of esters is 1. The molecule has 1 unspecified atom stereocenters. The molecule has 1 fully saturated rings. The molecule has 0 aromatic heterocycles. The zero-order valence-electron chi connectivity index (χ0n) is 12.7. The van der Waals surface area contributed by atoms with Gasteiger partial charge in [-0.1, -0.05) is 6.07 Å². The lowest BCUT2D eigenvalue weighted by Gasteiger charge is -2.32. The van der Waals surface area contributed by atoms with Crippen molar-refractivity contribution in [3.8, 4) is 0 Å².